The smallest absolute Gasteiger partial charge is 0.171 e. The van der Waals surface area contributed by atoms with E-state index in [1.807, 2.05) is 18.3 Å². The van der Waals surface area contributed by atoms with E-state index in [1.54, 1.807) is 0 Å². The number of nitrogens with one attached hydrogen (secondary N) is 1. The summed E-state index contributed by atoms with van der Waals surface area (Å²) in [7, 11) is 0. The highest BCUT2D eigenvalue weighted by atomic mass is 16.5. The number of pyridine rings is 1. The van der Waals surface area contributed by atoms with Crippen molar-refractivity contribution in [2.45, 2.75) is 70.7 Å². The molecule has 2 fully saturated rings. The molecule has 2 bridgehead atoms. The molecule has 116 valence electrons. The molecule has 4 nitrogen and oxygen atoms in total. The van der Waals surface area contributed by atoms with E-state index in [4.69, 9.17) is 4.74 Å². The average molecular weight is 289 g/mol. The van der Waals surface area contributed by atoms with Crippen molar-refractivity contribution in [2.75, 3.05) is 11.4 Å². The molecule has 3 heterocycles. The minimum atomic E-state index is 0.177. The summed E-state index contributed by atoms with van der Waals surface area (Å²) < 4.78 is 5.97. The van der Waals surface area contributed by atoms with Gasteiger partial charge in [-0.25, -0.2) is 4.98 Å². The molecule has 0 saturated carbocycles. The van der Waals surface area contributed by atoms with Gasteiger partial charge in [0.15, 0.2) is 11.6 Å². The van der Waals surface area contributed by atoms with Gasteiger partial charge in [0.2, 0.25) is 0 Å². The van der Waals surface area contributed by atoms with Crippen LogP contribution in [-0.2, 0) is 0 Å². The molecule has 0 aromatic carbocycles. The van der Waals surface area contributed by atoms with Gasteiger partial charge >= 0.3 is 0 Å². The number of rotatable bonds is 5. The number of hydrogen-bond acceptors (Lipinski definition) is 4. The molecule has 2 aliphatic rings. The summed E-state index contributed by atoms with van der Waals surface area (Å²) in [4.78, 5) is 7.08. The van der Waals surface area contributed by atoms with Crippen molar-refractivity contribution >= 4 is 5.82 Å². The van der Waals surface area contributed by atoms with Gasteiger partial charge in [-0.2, -0.15) is 0 Å². The van der Waals surface area contributed by atoms with Gasteiger partial charge in [-0.3, -0.25) is 0 Å². The highest BCUT2D eigenvalue weighted by Gasteiger charge is 2.36. The Labute approximate surface area is 127 Å². The zero-order chi connectivity index (χ0) is 14.8. The zero-order valence-corrected chi connectivity index (χ0v) is 13.4. The summed E-state index contributed by atoms with van der Waals surface area (Å²) >= 11 is 0. The van der Waals surface area contributed by atoms with Gasteiger partial charge in [-0.15, -0.1) is 0 Å². The lowest BCUT2D eigenvalue weighted by atomic mass is 9.98. The quantitative estimate of drug-likeness (QED) is 0.904. The summed E-state index contributed by atoms with van der Waals surface area (Å²) in [6, 6.07) is 5.97. The summed E-state index contributed by atoms with van der Waals surface area (Å²) in [6.45, 7) is 7.34. The molecule has 2 aliphatic heterocycles. The topological polar surface area (TPSA) is 37.4 Å². The first kappa shape index (κ1) is 14.6. The molecule has 1 N–H and O–H groups in total. The van der Waals surface area contributed by atoms with Crippen LogP contribution in [0.3, 0.4) is 0 Å². The molecule has 2 unspecified atom stereocenters. The number of aromatic nitrogens is 1. The number of ether oxygens (including phenoxy) is 1. The van der Waals surface area contributed by atoms with E-state index < -0.39 is 0 Å². The molecular formula is C17H27N3O. The van der Waals surface area contributed by atoms with Gasteiger partial charge in [0.25, 0.3) is 0 Å². The molecule has 1 aromatic rings. The van der Waals surface area contributed by atoms with Crippen LogP contribution in [0.1, 0.15) is 46.5 Å². The maximum atomic E-state index is 5.97. The lowest BCUT2D eigenvalue weighted by molar-refractivity contribution is 0.240. The second-order valence-corrected chi connectivity index (χ2v) is 6.54. The second kappa shape index (κ2) is 6.22. The summed E-state index contributed by atoms with van der Waals surface area (Å²) in [6.07, 6.45) is 7.16. The van der Waals surface area contributed by atoms with Crippen LogP contribution < -0.4 is 15.0 Å². The third-order valence-electron chi connectivity index (χ3n) is 4.62. The minimum absolute atomic E-state index is 0.177. The van der Waals surface area contributed by atoms with E-state index >= 15 is 0 Å². The van der Waals surface area contributed by atoms with Crippen molar-refractivity contribution in [3.63, 3.8) is 0 Å². The second-order valence-electron chi connectivity index (χ2n) is 6.54. The predicted molar refractivity (Wildman–Crippen MR) is 86.0 cm³/mol. The summed E-state index contributed by atoms with van der Waals surface area (Å²) in [5, 5.41) is 3.72. The summed E-state index contributed by atoms with van der Waals surface area (Å²) in [5.41, 5.74) is 0. The normalized spacial score (nSPS) is 27.9. The first-order chi connectivity index (χ1) is 10.2. The summed E-state index contributed by atoms with van der Waals surface area (Å²) in [5.74, 6) is 1.93. The van der Waals surface area contributed by atoms with E-state index in [1.165, 1.54) is 25.7 Å². The van der Waals surface area contributed by atoms with Gasteiger partial charge in [0, 0.05) is 30.9 Å². The van der Waals surface area contributed by atoms with Crippen LogP contribution in [0.2, 0.25) is 0 Å². The third-order valence-corrected chi connectivity index (χ3v) is 4.62. The molecule has 0 spiro atoms. The minimum Gasteiger partial charge on any atom is -0.487 e. The maximum absolute atomic E-state index is 5.97. The van der Waals surface area contributed by atoms with Crippen LogP contribution in [-0.4, -0.2) is 35.8 Å². The molecule has 4 heteroatoms. The first-order valence-electron chi connectivity index (χ1n) is 8.31. The Morgan fingerprint density at radius 3 is 2.67 bits per heavy atom. The Bertz CT molecular complexity index is 465. The fraction of sp³-hybridized carbons (Fsp3) is 0.706. The highest BCUT2D eigenvalue weighted by Crippen LogP contribution is 2.35. The standard InChI is InChI=1S/C17H27N3O/c1-4-20(15-10-13-7-8-14(11-15)19-13)17-16(21-12(2)3)6-5-9-18-17/h5-6,9,12-15,19H,4,7-8,10-11H2,1-3H3. The SMILES string of the molecule is CCN(c1ncccc1OC(C)C)C1CC2CCC(C1)N2. The van der Waals surface area contributed by atoms with E-state index in [9.17, 15) is 0 Å². The lowest BCUT2D eigenvalue weighted by Gasteiger charge is -2.38. The Morgan fingerprint density at radius 2 is 2.05 bits per heavy atom. The lowest BCUT2D eigenvalue weighted by Crippen LogP contribution is -2.48. The average Bonchev–Trinajstić information content (AvgIpc) is 2.80. The van der Waals surface area contributed by atoms with Gasteiger partial charge < -0.3 is 15.0 Å². The Balaban J connectivity index is 1.83. The number of fused-ring (bicyclic) bond motifs is 2. The third kappa shape index (κ3) is 3.15. The number of nitrogens with zero attached hydrogens (tertiary/aromatic N) is 2. The predicted octanol–water partition coefficient (Wildman–Crippen LogP) is 2.98. The molecule has 2 atom stereocenters. The highest BCUT2D eigenvalue weighted by molar-refractivity contribution is 5.53. The molecule has 1 aromatic heterocycles. The van der Waals surface area contributed by atoms with Crippen molar-refractivity contribution in [3.05, 3.63) is 18.3 Å². The Morgan fingerprint density at radius 1 is 1.33 bits per heavy atom. The fourth-order valence-corrected chi connectivity index (χ4v) is 3.81. The maximum Gasteiger partial charge on any atom is 0.171 e. The molecule has 2 saturated heterocycles. The zero-order valence-electron chi connectivity index (χ0n) is 13.4. The van der Waals surface area contributed by atoms with Crippen molar-refractivity contribution in [2.24, 2.45) is 0 Å². The number of anilines is 1. The van der Waals surface area contributed by atoms with E-state index in [0.29, 0.717) is 18.1 Å². The largest absolute Gasteiger partial charge is 0.487 e. The molecular weight excluding hydrogens is 262 g/mol. The van der Waals surface area contributed by atoms with Gasteiger partial charge in [-0.05, 0) is 58.6 Å². The van der Waals surface area contributed by atoms with Crippen LogP contribution >= 0.6 is 0 Å². The van der Waals surface area contributed by atoms with Crippen LogP contribution in [0, 0.1) is 0 Å². The molecule has 21 heavy (non-hydrogen) atoms. The van der Waals surface area contributed by atoms with Gasteiger partial charge in [-0.1, -0.05) is 0 Å². The van der Waals surface area contributed by atoms with Crippen LogP contribution in [0.5, 0.6) is 5.75 Å². The molecule has 3 rings (SSSR count). The van der Waals surface area contributed by atoms with Crippen LogP contribution in [0.4, 0.5) is 5.82 Å². The van der Waals surface area contributed by atoms with Crippen molar-refractivity contribution < 1.29 is 4.74 Å². The number of piperidine rings is 1. The van der Waals surface area contributed by atoms with E-state index in [2.05, 4.69) is 36.0 Å². The first-order valence-corrected chi connectivity index (χ1v) is 8.31. The fourth-order valence-electron chi connectivity index (χ4n) is 3.81. The van der Waals surface area contributed by atoms with Gasteiger partial charge in [0.1, 0.15) is 0 Å². The van der Waals surface area contributed by atoms with E-state index in [-0.39, 0.29) is 6.10 Å². The Kier molecular flexibility index (Phi) is 4.34. The van der Waals surface area contributed by atoms with Gasteiger partial charge in [0.05, 0.1) is 6.10 Å². The van der Waals surface area contributed by atoms with Crippen molar-refractivity contribution in [1.29, 1.82) is 0 Å². The molecule has 0 amide bonds. The van der Waals surface area contributed by atoms with Crippen LogP contribution in [0.25, 0.3) is 0 Å². The monoisotopic (exact) mass is 289 g/mol. The molecule has 0 radical (unpaired) electrons. The van der Waals surface area contributed by atoms with Crippen LogP contribution in [0.15, 0.2) is 18.3 Å². The molecule has 0 aliphatic carbocycles. The Hall–Kier alpha value is -1.29. The van der Waals surface area contributed by atoms with Crippen molar-refractivity contribution in [1.82, 2.24) is 10.3 Å². The van der Waals surface area contributed by atoms with E-state index in [0.717, 1.165) is 18.1 Å². The van der Waals surface area contributed by atoms with Crippen molar-refractivity contribution in [3.8, 4) is 5.75 Å². The number of hydrogen-bond donors (Lipinski definition) is 1.